The summed E-state index contributed by atoms with van der Waals surface area (Å²) in [5, 5.41) is 0. The Morgan fingerprint density at radius 2 is 1.57 bits per heavy atom. The van der Waals surface area contributed by atoms with Crippen molar-refractivity contribution < 1.29 is 32.7 Å². The second-order valence-electron chi connectivity index (χ2n) is 0.908. The summed E-state index contributed by atoms with van der Waals surface area (Å²) in [5.74, 6) is 0. The second kappa shape index (κ2) is 6.32. The molecule has 7 heavy (non-hydrogen) atoms. The minimum Gasteiger partial charge on any atom is -0.292 e. The molecule has 0 amide bonds. The van der Waals surface area contributed by atoms with Crippen molar-refractivity contribution in [3.63, 3.8) is 0 Å². The van der Waals surface area contributed by atoms with Crippen LogP contribution < -0.4 is 0 Å². The Morgan fingerprint density at radius 1 is 1.29 bits per heavy atom. The van der Waals surface area contributed by atoms with Gasteiger partial charge in [-0.05, 0) is 0 Å². The first-order valence-corrected chi connectivity index (χ1v) is 1.60. The minimum absolute atomic E-state index is 0. The van der Waals surface area contributed by atoms with Crippen LogP contribution >= 0.6 is 0 Å². The molecule has 1 heteroatoms. The molecule has 1 radical (unpaired) electrons. The van der Waals surface area contributed by atoms with Crippen LogP contribution in [0.5, 0.6) is 0 Å². The molecular formula is C6H6Y-2. The van der Waals surface area contributed by atoms with Crippen molar-refractivity contribution in [3.8, 4) is 0 Å². The molecule has 0 saturated heterocycles. The Balaban J connectivity index is 0. The van der Waals surface area contributed by atoms with E-state index in [1.165, 1.54) is 12.2 Å². The van der Waals surface area contributed by atoms with Gasteiger partial charge in [-0.1, -0.05) is 0 Å². The summed E-state index contributed by atoms with van der Waals surface area (Å²) in [6.07, 6.45) is 2.69. The van der Waals surface area contributed by atoms with Crippen molar-refractivity contribution in [1.29, 1.82) is 0 Å². The van der Waals surface area contributed by atoms with E-state index < -0.39 is 0 Å². The van der Waals surface area contributed by atoms with E-state index in [0.29, 0.717) is 5.57 Å². The van der Waals surface area contributed by atoms with Gasteiger partial charge >= 0.3 is 0 Å². The Bertz CT molecular complexity index is 72.2. The molecule has 0 nitrogen and oxygen atoms in total. The largest absolute Gasteiger partial charge is 0.292 e. The number of hydrogen-bond acceptors (Lipinski definition) is 0. The van der Waals surface area contributed by atoms with Crippen LogP contribution in [0.15, 0.2) is 24.3 Å². The zero-order chi connectivity index (χ0) is 4.99. The van der Waals surface area contributed by atoms with Gasteiger partial charge in [0.25, 0.3) is 0 Å². The Hall–Kier alpha value is 0.324. The van der Waals surface area contributed by atoms with E-state index in [2.05, 4.69) is 6.58 Å². The first kappa shape index (κ1) is 10.3. The van der Waals surface area contributed by atoms with E-state index in [9.17, 15) is 0 Å². The molecule has 0 aliphatic heterocycles. The van der Waals surface area contributed by atoms with E-state index >= 15 is 0 Å². The maximum atomic E-state index is 4.95. The molecular weight excluding hydrogens is 161 g/mol. The van der Waals surface area contributed by atoms with Gasteiger partial charge in [-0.15, -0.1) is 0 Å². The Kier molecular flexibility index (Phi) is 9.34. The summed E-state index contributed by atoms with van der Waals surface area (Å²) >= 11 is 0. The fourth-order valence-electron chi connectivity index (χ4n) is 0.0556. The minimum atomic E-state index is 0. The predicted molar refractivity (Wildman–Crippen MR) is 26.9 cm³/mol. The van der Waals surface area contributed by atoms with E-state index in [-0.39, 0.29) is 32.7 Å². The third-order valence-corrected chi connectivity index (χ3v) is 0.428. The molecule has 0 spiro atoms. The fourth-order valence-corrected chi connectivity index (χ4v) is 0.0556. The van der Waals surface area contributed by atoms with Gasteiger partial charge in [-0.3, -0.25) is 13.2 Å². The summed E-state index contributed by atoms with van der Waals surface area (Å²) in [5.41, 5.74) is 0.648. The summed E-state index contributed by atoms with van der Waals surface area (Å²) in [6, 6.07) is 0. The second-order valence-corrected chi connectivity index (χ2v) is 0.908. The van der Waals surface area contributed by atoms with Crippen molar-refractivity contribution in [2.24, 2.45) is 0 Å². The molecule has 0 bridgehead atoms. The van der Waals surface area contributed by atoms with Crippen LogP contribution in [-0.4, -0.2) is 0 Å². The van der Waals surface area contributed by atoms with Crippen molar-refractivity contribution in [2.75, 3.05) is 0 Å². The first-order chi connectivity index (χ1) is 2.81. The molecule has 0 rings (SSSR count). The van der Waals surface area contributed by atoms with Crippen LogP contribution in [0.3, 0.4) is 0 Å². The molecule has 0 aromatic heterocycles. The molecule has 0 aromatic rings. The molecule has 0 heterocycles. The van der Waals surface area contributed by atoms with Gasteiger partial charge in [0, 0.05) is 32.7 Å². The van der Waals surface area contributed by atoms with Gasteiger partial charge in [-0.25, -0.2) is 17.7 Å². The Morgan fingerprint density at radius 3 is 1.57 bits per heavy atom. The van der Waals surface area contributed by atoms with Crippen molar-refractivity contribution in [1.82, 2.24) is 0 Å². The standard InChI is InChI=1S/C6H6.Y/c1-4-6(3)5-2;/h1-2,4-5H,3H2;/q-2;. The van der Waals surface area contributed by atoms with Crippen molar-refractivity contribution in [2.45, 2.75) is 0 Å². The van der Waals surface area contributed by atoms with Gasteiger partial charge in [-0.2, -0.15) is 6.58 Å². The molecule has 0 aliphatic rings. The van der Waals surface area contributed by atoms with Crippen molar-refractivity contribution >= 4 is 0 Å². The van der Waals surface area contributed by atoms with Crippen LogP contribution in [-0.2, 0) is 32.7 Å². The quantitative estimate of drug-likeness (QED) is 0.432. The van der Waals surface area contributed by atoms with Crippen LogP contribution in [0.1, 0.15) is 0 Å². The van der Waals surface area contributed by atoms with E-state index in [4.69, 9.17) is 13.2 Å². The maximum Gasteiger partial charge on any atom is 0 e. The summed E-state index contributed by atoms with van der Waals surface area (Å²) in [7, 11) is 0. The number of allylic oxidation sites excluding steroid dienone is 3. The SMILES string of the molecule is [CH-]=CC(=C)C=[CH-].[Y]. The predicted octanol–water partition coefficient (Wildman–Crippen LogP) is 1.52. The van der Waals surface area contributed by atoms with Gasteiger partial charge in [0.2, 0.25) is 0 Å². The third-order valence-electron chi connectivity index (χ3n) is 0.428. The number of rotatable bonds is 2. The van der Waals surface area contributed by atoms with E-state index in [0.717, 1.165) is 0 Å². The number of hydrogen-bond donors (Lipinski definition) is 0. The molecule has 0 atom stereocenters. The van der Waals surface area contributed by atoms with Gasteiger partial charge in [0.15, 0.2) is 0 Å². The van der Waals surface area contributed by atoms with Gasteiger partial charge in [0.05, 0.1) is 0 Å². The fraction of sp³-hybridized carbons (Fsp3) is 0. The summed E-state index contributed by atoms with van der Waals surface area (Å²) < 4.78 is 0. The normalized spacial score (nSPS) is 5.71. The molecule has 0 aliphatic carbocycles. The molecule has 0 saturated carbocycles. The maximum absolute atomic E-state index is 4.95. The van der Waals surface area contributed by atoms with Crippen molar-refractivity contribution in [3.05, 3.63) is 37.5 Å². The van der Waals surface area contributed by atoms with Gasteiger partial charge < -0.3 is 0 Å². The Labute approximate surface area is 69.9 Å². The van der Waals surface area contributed by atoms with Crippen LogP contribution in [0.25, 0.3) is 0 Å². The van der Waals surface area contributed by atoms with Crippen LogP contribution in [0, 0.1) is 13.2 Å². The molecule has 0 unspecified atom stereocenters. The van der Waals surface area contributed by atoms with E-state index in [1.807, 2.05) is 0 Å². The topological polar surface area (TPSA) is 0 Å². The molecule has 0 N–H and O–H groups in total. The van der Waals surface area contributed by atoms with Gasteiger partial charge in [0.1, 0.15) is 0 Å². The third kappa shape index (κ3) is 6.32. The molecule has 0 fully saturated rings. The molecule has 35 valence electrons. The first-order valence-electron chi connectivity index (χ1n) is 1.60. The van der Waals surface area contributed by atoms with Crippen LogP contribution in [0.4, 0.5) is 0 Å². The zero-order valence-electron chi connectivity index (χ0n) is 4.09. The smallest absolute Gasteiger partial charge is 0 e. The van der Waals surface area contributed by atoms with Crippen LogP contribution in [0.2, 0.25) is 0 Å². The zero-order valence-corrected chi connectivity index (χ0v) is 6.93. The average Bonchev–Trinajstić information content (AvgIpc) is 1.65. The monoisotopic (exact) mass is 167 g/mol. The van der Waals surface area contributed by atoms with E-state index in [1.54, 1.807) is 0 Å². The average molecular weight is 167 g/mol. The summed E-state index contributed by atoms with van der Waals surface area (Å²) in [6.45, 7) is 13.3. The summed E-state index contributed by atoms with van der Waals surface area (Å²) in [4.78, 5) is 0. The molecule has 0 aromatic carbocycles.